The highest BCUT2D eigenvalue weighted by atomic mass is 32.2. The van der Waals surface area contributed by atoms with Crippen LogP contribution in [0.4, 0.5) is 0 Å². The minimum absolute atomic E-state index is 0.773. The molecule has 3 unspecified atom stereocenters. The average Bonchev–Trinajstić information content (AvgIpc) is 2.29. The summed E-state index contributed by atoms with van der Waals surface area (Å²) in [6, 6.07) is 0.773. The highest BCUT2D eigenvalue weighted by Crippen LogP contribution is 2.25. The highest BCUT2D eigenvalue weighted by Gasteiger charge is 2.22. The fourth-order valence-electron chi connectivity index (χ4n) is 2.55. The van der Waals surface area contributed by atoms with Crippen LogP contribution in [0.25, 0.3) is 0 Å². The lowest BCUT2D eigenvalue weighted by Crippen LogP contribution is -2.41. The molecule has 0 aromatic carbocycles. The van der Waals surface area contributed by atoms with Crippen LogP contribution in [0.1, 0.15) is 39.0 Å². The Labute approximate surface area is 98.1 Å². The molecule has 2 heteroatoms. The normalized spacial score (nSPS) is 36.7. The van der Waals surface area contributed by atoms with Gasteiger partial charge < -0.3 is 5.32 Å². The Morgan fingerprint density at radius 1 is 1.33 bits per heavy atom. The monoisotopic (exact) mass is 225 g/mol. The second-order valence-electron chi connectivity index (χ2n) is 4.88. The highest BCUT2D eigenvalue weighted by molar-refractivity contribution is 7.99. The lowest BCUT2D eigenvalue weighted by Gasteiger charge is -2.31. The van der Waals surface area contributed by atoms with E-state index in [1.165, 1.54) is 44.4 Å². The summed E-state index contributed by atoms with van der Waals surface area (Å²) in [5.74, 6) is 2.26. The molecule has 1 nitrogen and oxygen atoms in total. The predicted molar refractivity (Wildman–Crippen MR) is 69.4 cm³/mol. The molecule has 1 heterocycles. The first-order valence-corrected chi connectivity index (χ1v) is 7.41. The van der Waals surface area contributed by atoms with Crippen LogP contribution in [0, 0.1) is 5.92 Å². The van der Waals surface area contributed by atoms with E-state index in [9.17, 15) is 0 Å². The Balaban J connectivity index is 1.69. The molecule has 1 aliphatic heterocycles. The van der Waals surface area contributed by atoms with Crippen LogP contribution in [-0.4, -0.2) is 23.6 Å². The first-order chi connectivity index (χ1) is 7.36. The second-order valence-corrected chi connectivity index (χ2v) is 6.37. The maximum atomic E-state index is 3.79. The van der Waals surface area contributed by atoms with Crippen LogP contribution >= 0.6 is 11.8 Å². The Bertz CT molecular complexity index is 215. The summed E-state index contributed by atoms with van der Waals surface area (Å²) in [7, 11) is 0. The van der Waals surface area contributed by atoms with Gasteiger partial charge in [0, 0.05) is 11.3 Å². The third-order valence-corrected chi connectivity index (χ3v) is 5.03. The van der Waals surface area contributed by atoms with Gasteiger partial charge in [0.2, 0.25) is 0 Å². The van der Waals surface area contributed by atoms with Crippen molar-refractivity contribution in [3.8, 4) is 0 Å². The van der Waals surface area contributed by atoms with Crippen LogP contribution in [0.5, 0.6) is 0 Å². The smallest absolute Gasteiger partial charge is 0.0184 e. The van der Waals surface area contributed by atoms with E-state index in [4.69, 9.17) is 0 Å². The molecule has 0 amide bonds. The molecule has 0 aromatic rings. The topological polar surface area (TPSA) is 12.0 Å². The number of allylic oxidation sites excluding steroid dienone is 2. The second kappa shape index (κ2) is 5.95. The third-order valence-electron chi connectivity index (χ3n) is 3.65. The molecule has 2 aliphatic rings. The van der Waals surface area contributed by atoms with Crippen molar-refractivity contribution in [2.45, 2.75) is 50.3 Å². The minimum Gasteiger partial charge on any atom is -0.313 e. The van der Waals surface area contributed by atoms with Crippen molar-refractivity contribution in [1.82, 2.24) is 5.32 Å². The summed E-state index contributed by atoms with van der Waals surface area (Å²) >= 11 is 2.14. The SMILES string of the molecule is CC1SCCCC1NCC1CC=CCC1. The molecule has 15 heavy (non-hydrogen) atoms. The third kappa shape index (κ3) is 3.53. The number of hydrogen-bond acceptors (Lipinski definition) is 2. The van der Waals surface area contributed by atoms with E-state index >= 15 is 0 Å². The summed E-state index contributed by atoms with van der Waals surface area (Å²) in [5.41, 5.74) is 0. The number of nitrogens with one attached hydrogen (secondary N) is 1. The molecule has 3 atom stereocenters. The maximum absolute atomic E-state index is 3.79. The van der Waals surface area contributed by atoms with Crippen molar-refractivity contribution >= 4 is 11.8 Å². The van der Waals surface area contributed by atoms with Gasteiger partial charge in [-0.1, -0.05) is 19.1 Å². The van der Waals surface area contributed by atoms with Gasteiger partial charge in [-0.05, 0) is 50.3 Å². The van der Waals surface area contributed by atoms with Crippen LogP contribution in [-0.2, 0) is 0 Å². The average molecular weight is 225 g/mol. The number of rotatable bonds is 3. The number of hydrogen-bond donors (Lipinski definition) is 1. The van der Waals surface area contributed by atoms with Crippen LogP contribution < -0.4 is 5.32 Å². The Morgan fingerprint density at radius 3 is 3.00 bits per heavy atom. The molecule has 0 radical (unpaired) electrons. The Hall–Kier alpha value is 0.0500. The van der Waals surface area contributed by atoms with Crippen LogP contribution in [0.2, 0.25) is 0 Å². The fourth-order valence-corrected chi connectivity index (χ4v) is 3.72. The predicted octanol–water partition coefficient (Wildman–Crippen LogP) is 3.22. The van der Waals surface area contributed by atoms with Gasteiger partial charge in [-0.15, -0.1) is 0 Å². The van der Waals surface area contributed by atoms with Crippen molar-refractivity contribution in [3.63, 3.8) is 0 Å². The largest absolute Gasteiger partial charge is 0.313 e. The molecule has 2 rings (SSSR count). The van der Waals surface area contributed by atoms with Crippen molar-refractivity contribution in [1.29, 1.82) is 0 Å². The zero-order valence-electron chi connectivity index (χ0n) is 9.74. The quantitative estimate of drug-likeness (QED) is 0.740. The Morgan fingerprint density at radius 2 is 2.27 bits per heavy atom. The molecule has 0 aromatic heterocycles. The van der Waals surface area contributed by atoms with Gasteiger partial charge in [0.05, 0.1) is 0 Å². The molecule has 1 fully saturated rings. The molecule has 1 saturated heterocycles. The molecule has 0 bridgehead atoms. The van der Waals surface area contributed by atoms with Crippen molar-refractivity contribution in [2.75, 3.05) is 12.3 Å². The van der Waals surface area contributed by atoms with Gasteiger partial charge in [-0.2, -0.15) is 11.8 Å². The molecule has 1 N–H and O–H groups in total. The van der Waals surface area contributed by atoms with Crippen LogP contribution in [0.3, 0.4) is 0 Å². The standard InChI is InChI=1S/C13H23NS/c1-11-13(8-5-9-15-11)14-10-12-6-3-2-4-7-12/h2-3,11-14H,4-10H2,1H3. The van der Waals surface area contributed by atoms with Crippen molar-refractivity contribution < 1.29 is 0 Å². The zero-order chi connectivity index (χ0) is 10.5. The molecular formula is C13H23NS. The van der Waals surface area contributed by atoms with E-state index in [1.54, 1.807) is 0 Å². The molecule has 0 spiro atoms. The van der Waals surface area contributed by atoms with Gasteiger partial charge in [-0.25, -0.2) is 0 Å². The van der Waals surface area contributed by atoms with E-state index in [0.717, 1.165) is 17.2 Å². The van der Waals surface area contributed by atoms with Gasteiger partial charge >= 0.3 is 0 Å². The first-order valence-electron chi connectivity index (χ1n) is 6.36. The summed E-state index contributed by atoms with van der Waals surface area (Å²) in [5, 5.41) is 4.60. The molecule has 1 aliphatic carbocycles. The van der Waals surface area contributed by atoms with Gasteiger partial charge in [-0.3, -0.25) is 0 Å². The van der Waals surface area contributed by atoms with E-state index in [0.29, 0.717) is 0 Å². The van der Waals surface area contributed by atoms with Crippen LogP contribution in [0.15, 0.2) is 12.2 Å². The lowest BCUT2D eigenvalue weighted by molar-refractivity contribution is 0.383. The van der Waals surface area contributed by atoms with Gasteiger partial charge in [0.1, 0.15) is 0 Å². The summed E-state index contributed by atoms with van der Waals surface area (Å²) in [6.45, 7) is 3.61. The summed E-state index contributed by atoms with van der Waals surface area (Å²) < 4.78 is 0. The van der Waals surface area contributed by atoms with E-state index < -0.39 is 0 Å². The fraction of sp³-hybridized carbons (Fsp3) is 0.846. The van der Waals surface area contributed by atoms with Crippen molar-refractivity contribution in [2.24, 2.45) is 5.92 Å². The summed E-state index contributed by atoms with van der Waals surface area (Å²) in [4.78, 5) is 0. The van der Waals surface area contributed by atoms with Gasteiger partial charge in [0.25, 0.3) is 0 Å². The molecular weight excluding hydrogens is 202 g/mol. The minimum atomic E-state index is 0.773. The first kappa shape index (κ1) is 11.5. The molecule has 0 saturated carbocycles. The van der Waals surface area contributed by atoms with Gasteiger partial charge in [0.15, 0.2) is 0 Å². The maximum Gasteiger partial charge on any atom is 0.0184 e. The van der Waals surface area contributed by atoms with E-state index in [-0.39, 0.29) is 0 Å². The van der Waals surface area contributed by atoms with E-state index in [1.807, 2.05) is 0 Å². The number of thioether (sulfide) groups is 1. The summed E-state index contributed by atoms with van der Waals surface area (Å²) in [6.07, 6.45) is 11.4. The lowest BCUT2D eigenvalue weighted by atomic mass is 9.94. The Kier molecular flexibility index (Phi) is 4.58. The molecule has 86 valence electrons. The van der Waals surface area contributed by atoms with E-state index in [2.05, 4.69) is 36.2 Å². The van der Waals surface area contributed by atoms with Crippen molar-refractivity contribution in [3.05, 3.63) is 12.2 Å². The zero-order valence-corrected chi connectivity index (χ0v) is 10.6.